The molecule has 1 saturated heterocycles. The number of aliphatic hydroxyl groups excluding tert-OH is 1. The van der Waals surface area contributed by atoms with Crippen LogP contribution in [0.25, 0.3) is 10.4 Å². The third-order valence-corrected chi connectivity index (χ3v) is 2.42. The minimum Gasteiger partial charge on any atom is -0.389 e. The Labute approximate surface area is 74.9 Å². The van der Waals surface area contributed by atoms with Crippen LogP contribution in [0.2, 0.25) is 0 Å². The fraction of sp³-hybridized carbons (Fsp3) is 1.00. The van der Waals surface area contributed by atoms with Crippen LogP contribution in [0.5, 0.6) is 0 Å². The van der Waals surface area contributed by atoms with E-state index in [1.165, 1.54) is 0 Å². The largest absolute Gasteiger partial charge is 0.389 e. The van der Waals surface area contributed by atoms with E-state index in [9.17, 15) is 5.11 Å². The number of aliphatic hydroxyl groups is 1. The fourth-order valence-electron chi connectivity index (χ4n) is 1.17. The van der Waals surface area contributed by atoms with Crippen LogP contribution in [0.15, 0.2) is 5.11 Å². The van der Waals surface area contributed by atoms with Gasteiger partial charge < -0.3 is 9.84 Å². The summed E-state index contributed by atoms with van der Waals surface area (Å²) in [5, 5.41) is 12.2. The highest BCUT2D eigenvalue weighted by atomic mass is 35.5. The Morgan fingerprint density at radius 3 is 2.83 bits per heavy atom. The van der Waals surface area contributed by atoms with Gasteiger partial charge in [-0.25, -0.2) is 0 Å². The zero-order chi connectivity index (χ0) is 9.14. The predicted molar refractivity (Wildman–Crippen MR) is 44.0 cm³/mol. The molecule has 1 rings (SSSR count). The van der Waals surface area contributed by atoms with Gasteiger partial charge in [0.1, 0.15) is 0 Å². The molecule has 4 atom stereocenters. The van der Waals surface area contributed by atoms with Crippen molar-refractivity contribution in [3.63, 3.8) is 0 Å². The maximum Gasteiger partial charge on any atom is 0.0987 e. The predicted octanol–water partition coefficient (Wildman–Crippen LogP) is 1.05. The Kier molecular flexibility index (Phi) is 3.17. The van der Waals surface area contributed by atoms with Crippen LogP contribution in [0, 0.1) is 0 Å². The van der Waals surface area contributed by atoms with Gasteiger partial charge in [-0.15, -0.1) is 11.6 Å². The quantitative estimate of drug-likeness (QED) is 0.307. The molecule has 0 aromatic heterocycles. The van der Waals surface area contributed by atoms with Crippen LogP contribution in [0.4, 0.5) is 0 Å². The van der Waals surface area contributed by atoms with Crippen molar-refractivity contribution in [2.75, 3.05) is 6.54 Å². The maximum absolute atomic E-state index is 9.34. The minimum atomic E-state index is -0.675. The van der Waals surface area contributed by atoms with Crippen LogP contribution in [0.1, 0.15) is 6.92 Å². The first-order valence-electron chi connectivity index (χ1n) is 3.65. The molecule has 0 aromatic rings. The van der Waals surface area contributed by atoms with Gasteiger partial charge in [0.15, 0.2) is 0 Å². The first-order valence-corrected chi connectivity index (χ1v) is 4.09. The van der Waals surface area contributed by atoms with E-state index in [4.69, 9.17) is 21.9 Å². The fourth-order valence-corrected chi connectivity index (χ4v) is 1.51. The van der Waals surface area contributed by atoms with Crippen molar-refractivity contribution in [2.45, 2.75) is 30.6 Å². The standard InChI is InChI=1S/C6H10ClN3O2/c1-3-6(11)5(7)4(12-3)2-9-10-8/h3-6,11H,2H2,1H3/t3-,4+,5-,6-/m0/s1. The second-order valence-corrected chi connectivity index (χ2v) is 3.23. The number of halogens is 1. The van der Waals surface area contributed by atoms with Crippen molar-refractivity contribution in [2.24, 2.45) is 5.11 Å². The molecule has 12 heavy (non-hydrogen) atoms. The van der Waals surface area contributed by atoms with E-state index in [1.807, 2.05) is 0 Å². The topological polar surface area (TPSA) is 78.2 Å². The number of rotatable bonds is 2. The molecule has 0 aromatic carbocycles. The maximum atomic E-state index is 9.34. The number of hydrogen-bond acceptors (Lipinski definition) is 3. The molecule has 1 heterocycles. The van der Waals surface area contributed by atoms with E-state index in [2.05, 4.69) is 10.0 Å². The van der Waals surface area contributed by atoms with Gasteiger partial charge in [-0.1, -0.05) is 5.11 Å². The lowest BCUT2D eigenvalue weighted by molar-refractivity contribution is 0.0255. The van der Waals surface area contributed by atoms with Gasteiger partial charge in [0, 0.05) is 4.91 Å². The van der Waals surface area contributed by atoms with Crippen molar-refractivity contribution in [1.29, 1.82) is 0 Å². The second kappa shape index (κ2) is 3.96. The van der Waals surface area contributed by atoms with Crippen LogP contribution < -0.4 is 0 Å². The van der Waals surface area contributed by atoms with Gasteiger partial charge >= 0.3 is 0 Å². The van der Waals surface area contributed by atoms with E-state index in [-0.39, 0.29) is 18.8 Å². The summed E-state index contributed by atoms with van der Waals surface area (Å²) in [6.45, 7) is 1.90. The summed E-state index contributed by atoms with van der Waals surface area (Å²) in [4.78, 5) is 2.59. The van der Waals surface area contributed by atoms with E-state index in [0.717, 1.165) is 0 Å². The Morgan fingerprint density at radius 1 is 1.75 bits per heavy atom. The van der Waals surface area contributed by atoms with Gasteiger partial charge in [0.25, 0.3) is 0 Å². The Bertz CT molecular complexity index is 207. The Morgan fingerprint density at radius 2 is 2.42 bits per heavy atom. The number of azide groups is 1. The summed E-state index contributed by atoms with van der Waals surface area (Å²) in [5.41, 5.74) is 8.04. The molecule has 68 valence electrons. The molecule has 1 aliphatic heterocycles. The van der Waals surface area contributed by atoms with Gasteiger partial charge in [0.05, 0.1) is 30.2 Å². The molecule has 0 unspecified atom stereocenters. The molecule has 0 bridgehead atoms. The first-order chi connectivity index (χ1) is 5.66. The summed E-state index contributed by atoms with van der Waals surface area (Å²) in [6.07, 6.45) is -1.33. The summed E-state index contributed by atoms with van der Waals surface area (Å²) in [7, 11) is 0. The number of ether oxygens (including phenoxy) is 1. The molecule has 1 fully saturated rings. The van der Waals surface area contributed by atoms with Crippen molar-refractivity contribution >= 4 is 11.6 Å². The number of hydrogen-bond donors (Lipinski definition) is 1. The Hall–Kier alpha value is -0.480. The molecular weight excluding hydrogens is 182 g/mol. The van der Waals surface area contributed by atoms with Gasteiger partial charge in [0.2, 0.25) is 0 Å². The summed E-state index contributed by atoms with van der Waals surface area (Å²) in [6, 6.07) is 0. The number of alkyl halides is 1. The lowest BCUT2D eigenvalue weighted by atomic mass is 10.1. The first kappa shape index (κ1) is 9.61. The van der Waals surface area contributed by atoms with Crippen molar-refractivity contribution < 1.29 is 9.84 Å². The van der Waals surface area contributed by atoms with Crippen molar-refractivity contribution in [3.05, 3.63) is 10.4 Å². The van der Waals surface area contributed by atoms with E-state index in [1.54, 1.807) is 6.92 Å². The van der Waals surface area contributed by atoms with Gasteiger partial charge in [-0.05, 0) is 12.5 Å². The summed E-state index contributed by atoms with van der Waals surface area (Å²) in [5.74, 6) is 0. The van der Waals surface area contributed by atoms with Gasteiger partial charge in [-0.3, -0.25) is 0 Å². The zero-order valence-corrected chi connectivity index (χ0v) is 7.35. The van der Waals surface area contributed by atoms with Crippen LogP contribution >= 0.6 is 11.6 Å². The molecule has 0 radical (unpaired) electrons. The molecule has 0 aliphatic carbocycles. The third-order valence-electron chi connectivity index (χ3n) is 1.88. The highest BCUT2D eigenvalue weighted by Gasteiger charge is 2.39. The minimum absolute atomic E-state index is 0.173. The lowest BCUT2D eigenvalue weighted by Crippen LogP contribution is -2.27. The SMILES string of the molecule is C[C@@H]1O[C@H](CN=[N+]=[N-])[C@H](Cl)[C@H]1O. The van der Waals surface area contributed by atoms with E-state index in [0.29, 0.717) is 0 Å². The smallest absolute Gasteiger partial charge is 0.0987 e. The molecule has 0 spiro atoms. The molecule has 0 saturated carbocycles. The van der Waals surface area contributed by atoms with E-state index < -0.39 is 11.5 Å². The molecule has 1 aliphatic rings. The molecule has 0 amide bonds. The monoisotopic (exact) mass is 191 g/mol. The third kappa shape index (κ3) is 1.81. The molecule has 1 N–H and O–H groups in total. The highest BCUT2D eigenvalue weighted by molar-refractivity contribution is 6.21. The summed E-state index contributed by atoms with van der Waals surface area (Å²) >= 11 is 5.80. The van der Waals surface area contributed by atoms with Crippen LogP contribution in [-0.4, -0.2) is 35.3 Å². The van der Waals surface area contributed by atoms with Crippen LogP contribution in [-0.2, 0) is 4.74 Å². The second-order valence-electron chi connectivity index (χ2n) is 2.73. The normalized spacial score (nSPS) is 40.9. The van der Waals surface area contributed by atoms with Gasteiger partial charge in [-0.2, -0.15) is 0 Å². The average molecular weight is 192 g/mol. The van der Waals surface area contributed by atoms with Crippen LogP contribution in [0.3, 0.4) is 0 Å². The zero-order valence-electron chi connectivity index (χ0n) is 6.59. The molecular formula is C6H10ClN3O2. The summed E-state index contributed by atoms with van der Waals surface area (Å²) < 4.78 is 5.24. The average Bonchev–Trinajstić information content (AvgIpc) is 2.30. The molecule has 5 nitrogen and oxygen atoms in total. The highest BCUT2D eigenvalue weighted by Crippen LogP contribution is 2.25. The molecule has 6 heteroatoms. The van der Waals surface area contributed by atoms with Crippen molar-refractivity contribution in [3.8, 4) is 0 Å². The number of nitrogens with zero attached hydrogens (tertiary/aromatic N) is 3. The van der Waals surface area contributed by atoms with Crippen molar-refractivity contribution in [1.82, 2.24) is 0 Å². The Balaban J connectivity index is 2.52. The van der Waals surface area contributed by atoms with E-state index >= 15 is 0 Å². The lowest BCUT2D eigenvalue weighted by Gasteiger charge is -2.09.